The molecule has 1 saturated heterocycles. The number of aromatic nitrogens is 2. The molecule has 1 fully saturated rings. The quantitative estimate of drug-likeness (QED) is 0.849. The van der Waals surface area contributed by atoms with Crippen molar-refractivity contribution in [2.24, 2.45) is 5.73 Å². The fourth-order valence-electron chi connectivity index (χ4n) is 2.00. The van der Waals surface area contributed by atoms with E-state index in [9.17, 15) is 13.2 Å². The van der Waals surface area contributed by atoms with Gasteiger partial charge in [0.05, 0.1) is 19.6 Å². The van der Waals surface area contributed by atoms with Crippen LogP contribution in [0.25, 0.3) is 0 Å². The van der Waals surface area contributed by atoms with Crippen LogP contribution in [0.4, 0.5) is 13.2 Å². The molecule has 2 N–H and O–H groups in total. The van der Waals surface area contributed by atoms with Gasteiger partial charge >= 0.3 is 6.18 Å². The summed E-state index contributed by atoms with van der Waals surface area (Å²) in [6, 6.07) is 0. The summed E-state index contributed by atoms with van der Waals surface area (Å²) in [5.74, 6) is 0.885. The molecule has 0 bridgehead atoms. The maximum Gasteiger partial charge on any atom is 0.401 e. The van der Waals surface area contributed by atoms with Crippen LogP contribution >= 0.6 is 0 Å². The highest BCUT2D eigenvalue weighted by atomic mass is 19.4. The summed E-state index contributed by atoms with van der Waals surface area (Å²) in [6.45, 7) is 1.71. The molecule has 0 aliphatic carbocycles. The van der Waals surface area contributed by atoms with Crippen LogP contribution in [0.15, 0.2) is 4.52 Å². The van der Waals surface area contributed by atoms with Crippen LogP contribution in [0.5, 0.6) is 0 Å². The van der Waals surface area contributed by atoms with E-state index in [4.69, 9.17) is 10.3 Å². The van der Waals surface area contributed by atoms with Crippen molar-refractivity contribution < 1.29 is 17.7 Å². The highest BCUT2D eigenvalue weighted by molar-refractivity contribution is 4.87. The molecule has 6 nitrogen and oxygen atoms in total. The predicted octanol–water partition coefficient (Wildman–Crippen LogP) is 0.208. The number of halogens is 3. The molecule has 0 saturated carbocycles. The first kappa shape index (κ1) is 14.2. The lowest BCUT2D eigenvalue weighted by Gasteiger charge is -2.34. The second-order valence-electron chi connectivity index (χ2n) is 4.48. The van der Waals surface area contributed by atoms with E-state index in [0.29, 0.717) is 44.4 Å². The number of rotatable bonds is 4. The second kappa shape index (κ2) is 5.85. The van der Waals surface area contributed by atoms with E-state index in [2.05, 4.69) is 10.1 Å². The largest absolute Gasteiger partial charge is 0.401 e. The van der Waals surface area contributed by atoms with Crippen LogP contribution in [0.2, 0.25) is 0 Å². The van der Waals surface area contributed by atoms with Gasteiger partial charge in [-0.1, -0.05) is 5.16 Å². The maximum absolute atomic E-state index is 12.2. The molecule has 1 aromatic rings. The van der Waals surface area contributed by atoms with Crippen molar-refractivity contribution in [3.8, 4) is 0 Å². The van der Waals surface area contributed by atoms with Gasteiger partial charge in [0.15, 0.2) is 5.82 Å². The summed E-state index contributed by atoms with van der Waals surface area (Å²) in [6.07, 6.45) is -4.13. The van der Waals surface area contributed by atoms with Crippen LogP contribution in [0.3, 0.4) is 0 Å². The average Bonchev–Trinajstić information content (AvgIpc) is 2.77. The van der Waals surface area contributed by atoms with Crippen LogP contribution in [0, 0.1) is 0 Å². The zero-order chi connectivity index (χ0) is 13.9. The van der Waals surface area contributed by atoms with Crippen molar-refractivity contribution in [2.75, 3.05) is 32.7 Å². The lowest BCUT2D eigenvalue weighted by molar-refractivity contribution is -0.149. The first-order valence-electron chi connectivity index (χ1n) is 5.99. The van der Waals surface area contributed by atoms with Gasteiger partial charge in [0.1, 0.15) is 0 Å². The molecule has 0 aromatic carbocycles. The molecule has 0 amide bonds. The standard InChI is InChI=1S/C10H16F3N5O/c11-10(12,13)7-18-3-1-17(2-4-18)6-8-15-9(5-14)19-16-8/h1-7,14H2. The van der Waals surface area contributed by atoms with Gasteiger partial charge in [-0.05, 0) is 0 Å². The summed E-state index contributed by atoms with van der Waals surface area (Å²) in [5.41, 5.74) is 5.35. The first-order chi connectivity index (χ1) is 8.96. The summed E-state index contributed by atoms with van der Waals surface area (Å²) in [7, 11) is 0. The third-order valence-electron chi connectivity index (χ3n) is 2.92. The van der Waals surface area contributed by atoms with Crippen LogP contribution in [0.1, 0.15) is 11.7 Å². The van der Waals surface area contributed by atoms with Gasteiger partial charge in [0.2, 0.25) is 5.89 Å². The van der Waals surface area contributed by atoms with Crippen molar-refractivity contribution in [2.45, 2.75) is 19.3 Å². The SMILES string of the molecule is NCc1nc(CN2CCN(CC(F)(F)F)CC2)no1. The zero-order valence-electron chi connectivity index (χ0n) is 10.4. The topological polar surface area (TPSA) is 71.4 Å². The highest BCUT2D eigenvalue weighted by Gasteiger charge is 2.32. The molecule has 1 aliphatic heterocycles. The van der Waals surface area contributed by atoms with Crippen LogP contribution in [-0.2, 0) is 13.1 Å². The van der Waals surface area contributed by atoms with Crippen molar-refractivity contribution in [3.05, 3.63) is 11.7 Å². The van der Waals surface area contributed by atoms with Crippen molar-refractivity contribution in [3.63, 3.8) is 0 Å². The number of nitrogens with zero attached hydrogens (tertiary/aromatic N) is 4. The minimum Gasteiger partial charge on any atom is -0.338 e. The minimum atomic E-state index is -4.13. The number of nitrogens with two attached hydrogens (primary N) is 1. The Labute approximate surface area is 108 Å². The fraction of sp³-hybridized carbons (Fsp3) is 0.800. The Morgan fingerprint density at radius 3 is 2.32 bits per heavy atom. The molecule has 9 heteroatoms. The third-order valence-corrected chi connectivity index (χ3v) is 2.92. The Balaban J connectivity index is 1.77. The third kappa shape index (κ3) is 4.44. The van der Waals surface area contributed by atoms with E-state index in [1.54, 1.807) is 0 Å². The molecular weight excluding hydrogens is 263 g/mol. The Bertz CT molecular complexity index is 400. The molecule has 0 unspecified atom stereocenters. The zero-order valence-corrected chi connectivity index (χ0v) is 10.4. The van der Waals surface area contributed by atoms with Crippen molar-refractivity contribution >= 4 is 0 Å². The number of hydrogen-bond donors (Lipinski definition) is 1. The molecule has 1 aromatic heterocycles. The fourth-order valence-corrected chi connectivity index (χ4v) is 2.00. The molecule has 0 radical (unpaired) electrons. The van der Waals surface area contributed by atoms with E-state index in [1.165, 1.54) is 4.90 Å². The van der Waals surface area contributed by atoms with Gasteiger partial charge < -0.3 is 10.3 Å². The second-order valence-corrected chi connectivity index (χ2v) is 4.48. The van der Waals surface area contributed by atoms with Gasteiger partial charge in [-0.2, -0.15) is 18.2 Å². The number of hydrogen-bond acceptors (Lipinski definition) is 6. The van der Waals surface area contributed by atoms with Crippen molar-refractivity contribution in [1.82, 2.24) is 19.9 Å². The summed E-state index contributed by atoms with van der Waals surface area (Å²) in [4.78, 5) is 7.46. The van der Waals surface area contributed by atoms with Gasteiger partial charge in [-0.25, -0.2) is 0 Å². The minimum absolute atomic E-state index is 0.187. The smallest absolute Gasteiger partial charge is 0.338 e. The van der Waals surface area contributed by atoms with E-state index < -0.39 is 12.7 Å². The molecule has 2 rings (SSSR count). The van der Waals surface area contributed by atoms with Gasteiger partial charge in [-0.3, -0.25) is 9.80 Å². The Kier molecular flexibility index (Phi) is 4.38. The van der Waals surface area contributed by atoms with Gasteiger partial charge in [0.25, 0.3) is 0 Å². The van der Waals surface area contributed by atoms with Gasteiger partial charge in [-0.15, -0.1) is 0 Å². The van der Waals surface area contributed by atoms with Crippen molar-refractivity contribution in [1.29, 1.82) is 0 Å². The summed E-state index contributed by atoms with van der Waals surface area (Å²) < 4.78 is 41.5. The van der Waals surface area contributed by atoms with E-state index in [-0.39, 0.29) is 6.54 Å². The molecular formula is C10H16F3N5O. The molecule has 0 atom stereocenters. The number of piperazine rings is 1. The van der Waals surface area contributed by atoms with E-state index >= 15 is 0 Å². The first-order valence-corrected chi connectivity index (χ1v) is 5.99. The summed E-state index contributed by atoms with van der Waals surface area (Å²) in [5, 5.41) is 3.76. The molecule has 19 heavy (non-hydrogen) atoms. The molecule has 0 spiro atoms. The Morgan fingerprint density at radius 1 is 1.16 bits per heavy atom. The van der Waals surface area contributed by atoms with E-state index in [1.807, 2.05) is 4.90 Å². The molecule has 108 valence electrons. The normalized spacial score (nSPS) is 18.9. The Hall–Kier alpha value is -1.19. The van der Waals surface area contributed by atoms with Crippen LogP contribution < -0.4 is 5.73 Å². The molecule has 1 aliphatic rings. The lowest BCUT2D eigenvalue weighted by Crippen LogP contribution is -2.48. The monoisotopic (exact) mass is 279 g/mol. The maximum atomic E-state index is 12.2. The highest BCUT2D eigenvalue weighted by Crippen LogP contribution is 2.17. The lowest BCUT2D eigenvalue weighted by atomic mass is 10.3. The molecule has 2 heterocycles. The summed E-state index contributed by atoms with van der Waals surface area (Å²) >= 11 is 0. The van der Waals surface area contributed by atoms with Gasteiger partial charge in [0, 0.05) is 26.2 Å². The predicted molar refractivity (Wildman–Crippen MR) is 60.0 cm³/mol. The number of alkyl halides is 3. The average molecular weight is 279 g/mol. The van der Waals surface area contributed by atoms with E-state index in [0.717, 1.165) is 0 Å². The Morgan fingerprint density at radius 2 is 1.79 bits per heavy atom. The van der Waals surface area contributed by atoms with Crippen LogP contribution in [-0.4, -0.2) is 58.8 Å².